The fraction of sp³-hybridized carbons (Fsp3) is 0.211. The number of thiophene rings is 1. The molecule has 0 saturated heterocycles. The first-order chi connectivity index (χ1) is 14.0. The minimum Gasteiger partial charge on any atom is -0.341 e. The normalized spacial score (nSPS) is 12.6. The molecule has 150 valence electrons. The van der Waals surface area contributed by atoms with E-state index in [-0.39, 0.29) is 11.9 Å². The van der Waals surface area contributed by atoms with Gasteiger partial charge >= 0.3 is 0 Å². The number of aromatic nitrogens is 3. The van der Waals surface area contributed by atoms with Crippen LogP contribution in [0.25, 0.3) is 15.7 Å². The second-order valence-electron chi connectivity index (χ2n) is 6.30. The molecule has 0 aliphatic heterocycles. The van der Waals surface area contributed by atoms with Gasteiger partial charge in [-0.25, -0.2) is 0 Å². The van der Waals surface area contributed by atoms with Crippen LogP contribution in [0.1, 0.15) is 28.0 Å². The molecule has 29 heavy (non-hydrogen) atoms. The number of nitrogens with zero attached hydrogens (tertiary/aromatic N) is 3. The van der Waals surface area contributed by atoms with E-state index >= 15 is 0 Å². The molecule has 0 aliphatic carbocycles. The van der Waals surface area contributed by atoms with Crippen LogP contribution in [0.5, 0.6) is 0 Å². The summed E-state index contributed by atoms with van der Waals surface area (Å²) in [6.45, 7) is 0. The Hall–Kier alpha value is -1.51. The molecule has 5 nitrogen and oxygen atoms in total. The zero-order valence-corrected chi connectivity index (χ0v) is 19.1. The first-order valence-electron chi connectivity index (χ1n) is 8.66. The van der Waals surface area contributed by atoms with E-state index in [0.717, 1.165) is 16.1 Å². The molecule has 0 saturated carbocycles. The van der Waals surface area contributed by atoms with Crippen LogP contribution in [0.15, 0.2) is 36.5 Å². The first-order valence-corrected chi connectivity index (χ1v) is 12.0. The molecular weight excluding hydrogens is 471 g/mol. The molecule has 4 rings (SSSR count). The molecular formula is C19H15Cl3N4OS2. The summed E-state index contributed by atoms with van der Waals surface area (Å²) in [5.74, 6) is 1.26. The summed E-state index contributed by atoms with van der Waals surface area (Å²) in [6.07, 6.45) is 4.62. The number of amides is 1. The standard InChI is InChI=1S/C19H15Cl3N4OS2/c1-28-7-5-12(18-25-24-14-4-2-3-6-26(14)18)23-19(27)17-16(22)15-11(21)8-10(20)9-13(15)29-17/h2-4,6,8-9,12H,5,7H2,1H3,(H,23,27). The van der Waals surface area contributed by atoms with Crippen molar-refractivity contribution in [2.24, 2.45) is 0 Å². The maximum atomic E-state index is 13.1. The second-order valence-corrected chi connectivity index (χ2v) is 9.56. The molecule has 1 amide bonds. The summed E-state index contributed by atoms with van der Waals surface area (Å²) < 4.78 is 2.65. The molecule has 3 heterocycles. The van der Waals surface area contributed by atoms with Gasteiger partial charge in [-0.1, -0.05) is 40.9 Å². The third-order valence-electron chi connectivity index (χ3n) is 4.42. The highest BCUT2D eigenvalue weighted by Gasteiger charge is 2.25. The summed E-state index contributed by atoms with van der Waals surface area (Å²) in [5.41, 5.74) is 0.729. The van der Waals surface area contributed by atoms with Crippen molar-refractivity contribution in [2.45, 2.75) is 12.5 Å². The zero-order valence-electron chi connectivity index (χ0n) is 15.2. The number of carbonyl (C=O) groups excluding carboxylic acids is 1. The zero-order chi connectivity index (χ0) is 20.5. The molecule has 0 fully saturated rings. The van der Waals surface area contributed by atoms with E-state index in [1.54, 1.807) is 23.9 Å². The summed E-state index contributed by atoms with van der Waals surface area (Å²) in [5, 5.41) is 13.5. The highest BCUT2D eigenvalue weighted by molar-refractivity contribution is 7.98. The number of rotatable bonds is 6. The van der Waals surface area contributed by atoms with E-state index in [2.05, 4.69) is 15.5 Å². The fourth-order valence-electron chi connectivity index (χ4n) is 3.08. The second kappa shape index (κ2) is 8.70. The summed E-state index contributed by atoms with van der Waals surface area (Å²) in [4.78, 5) is 13.5. The van der Waals surface area contributed by atoms with Crippen molar-refractivity contribution in [3.8, 4) is 0 Å². The fourth-order valence-corrected chi connectivity index (χ4v) is 5.83. The van der Waals surface area contributed by atoms with Crippen LogP contribution < -0.4 is 5.32 Å². The Morgan fingerprint density at radius 1 is 1.28 bits per heavy atom. The topological polar surface area (TPSA) is 59.3 Å². The van der Waals surface area contributed by atoms with E-state index in [1.165, 1.54) is 11.3 Å². The van der Waals surface area contributed by atoms with Crippen molar-refractivity contribution < 1.29 is 4.79 Å². The largest absolute Gasteiger partial charge is 0.341 e. The van der Waals surface area contributed by atoms with Gasteiger partial charge in [0, 0.05) is 21.3 Å². The van der Waals surface area contributed by atoms with Gasteiger partial charge in [-0.2, -0.15) is 11.8 Å². The molecule has 0 aliphatic rings. The maximum Gasteiger partial charge on any atom is 0.263 e. The summed E-state index contributed by atoms with van der Waals surface area (Å²) >= 11 is 21.8. The van der Waals surface area contributed by atoms with Gasteiger partial charge in [0.25, 0.3) is 5.91 Å². The Bertz CT molecular complexity index is 1210. The van der Waals surface area contributed by atoms with Gasteiger partial charge in [-0.3, -0.25) is 9.20 Å². The Morgan fingerprint density at radius 3 is 2.90 bits per heavy atom. The van der Waals surface area contributed by atoms with Crippen molar-refractivity contribution in [1.29, 1.82) is 0 Å². The van der Waals surface area contributed by atoms with Crippen LogP contribution in [0, 0.1) is 0 Å². The third-order valence-corrected chi connectivity index (χ3v) is 7.21. The summed E-state index contributed by atoms with van der Waals surface area (Å²) in [6, 6.07) is 8.74. The number of benzene rings is 1. The number of carbonyl (C=O) groups is 1. The Labute approximate surface area is 190 Å². The molecule has 1 N–H and O–H groups in total. The molecule has 0 radical (unpaired) electrons. The average Bonchev–Trinajstić information content (AvgIpc) is 3.26. The van der Waals surface area contributed by atoms with Crippen molar-refractivity contribution in [1.82, 2.24) is 19.9 Å². The number of hydrogen-bond donors (Lipinski definition) is 1. The van der Waals surface area contributed by atoms with Gasteiger partial charge in [0.05, 0.1) is 16.1 Å². The van der Waals surface area contributed by atoms with Gasteiger partial charge in [0.2, 0.25) is 0 Å². The van der Waals surface area contributed by atoms with E-state index in [9.17, 15) is 4.79 Å². The highest BCUT2D eigenvalue weighted by Crippen LogP contribution is 2.41. The van der Waals surface area contributed by atoms with Gasteiger partial charge in [-0.15, -0.1) is 21.5 Å². The summed E-state index contributed by atoms with van der Waals surface area (Å²) in [7, 11) is 0. The lowest BCUT2D eigenvalue weighted by molar-refractivity contribution is 0.0938. The molecule has 0 spiro atoms. The number of hydrogen-bond acceptors (Lipinski definition) is 5. The van der Waals surface area contributed by atoms with E-state index < -0.39 is 0 Å². The number of nitrogens with one attached hydrogen (secondary N) is 1. The number of pyridine rings is 1. The molecule has 4 aromatic rings. The molecule has 1 atom stereocenters. The Kier molecular flexibility index (Phi) is 6.22. The predicted octanol–water partition coefficient (Wildman–Crippen LogP) is 6.13. The van der Waals surface area contributed by atoms with E-state index in [4.69, 9.17) is 34.8 Å². The van der Waals surface area contributed by atoms with Crippen molar-refractivity contribution in [3.05, 3.63) is 62.3 Å². The molecule has 3 aromatic heterocycles. The minimum absolute atomic E-state index is 0.276. The number of halogens is 3. The van der Waals surface area contributed by atoms with Crippen molar-refractivity contribution >= 4 is 79.5 Å². The Morgan fingerprint density at radius 2 is 2.10 bits per heavy atom. The SMILES string of the molecule is CSCCC(NC(=O)c1sc2cc(Cl)cc(Cl)c2c1Cl)c1nnc2ccccn12. The van der Waals surface area contributed by atoms with Crippen LogP contribution in [0.3, 0.4) is 0 Å². The van der Waals surface area contributed by atoms with Crippen LogP contribution >= 0.6 is 57.9 Å². The van der Waals surface area contributed by atoms with Crippen molar-refractivity contribution in [3.63, 3.8) is 0 Å². The third kappa shape index (κ3) is 4.07. The monoisotopic (exact) mass is 484 g/mol. The molecule has 1 aromatic carbocycles. The van der Waals surface area contributed by atoms with Crippen LogP contribution in [0.4, 0.5) is 0 Å². The van der Waals surface area contributed by atoms with Crippen molar-refractivity contribution in [2.75, 3.05) is 12.0 Å². The average molecular weight is 486 g/mol. The van der Waals surface area contributed by atoms with E-state index in [1.807, 2.05) is 35.1 Å². The van der Waals surface area contributed by atoms with Gasteiger partial charge in [0.1, 0.15) is 4.88 Å². The number of thioether (sulfide) groups is 1. The lowest BCUT2D eigenvalue weighted by atomic mass is 10.2. The number of fused-ring (bicyclic) bond motifs is 2. The smallest absolute Gasteiger partial charge is 0.263 e. The first kappa shape index (κ1) is 20.8. The maximum absolute atomic E-state index is 13.1. The lowest BCUT2D eigenvalue weighted by Gasteiger charge is -2.16. The molecule has 1 unspecified atom stereocenters. The van der Waals surface area contributed by atoms with Gasteiger partial charge < -0.3 is 5.32 Å². The minimum atomic E-state index is -0.312. The van der Waals surface area contributed by atoms with E-state index in [0.29, 0.717) is 37.6 Å². The highest BCUT2D eigenvalue weighted by atomic mass is 35.5. The van der Waals surface area contributed by atoms with Gasteiger partial charge in [-0.05, 0) is 42.7 Å². The lowest BCUT2D eigenvalue weighted by Crippen LogP contribution is -2.30. The predicted molar refractivity (Wildman–Crippen MR) is 123 cm³/mol. The van der Waals surface area contributed by atoms with Crippen LogP contribution in [-0.4, -0.2) is 32.5 Å². The van der Waals surface area contributed by atoms with Crippen LogP contribution in [0.2, 0.25) is 15.1 Å². The molecule has 0 bridgehead atoms. The quantitative estimate of drug-likeness (QED) is 0.357. The van der Waals surface area contributed by atoms with Gasteiger partial charge in [0.15, 0.2) is 11.5 Å². The Balaban J connectivity index is 1.69. The molecule has 10 heteroatoms. The van der Waals surface area contributed by atoms with Crippen LogP contribution in [-0.2, 0) is 0 Å².